The van der Waals surface area contributed by atoms with Crippen molar-refractivity contribution in [3.8, 4) is 11.6 Å². The maximum Gasteiger partial charge on any atom is 0.223 e. The number of rotatable bonds is 6. The number of para-hydroxylation sites is 1. The number of hydrazone groups is 1. The van der Waals surface area contributed by atoms with E-state index in [0.29, 0.717) is 24.9 Å². The molecule has 0 atom stereocenters. The van der Waals surface area contributed by atoms with Gasteiger partial charge in [-0.15, -0.1) is 0 Å². The van der Waals surface area contributed by atoms with E-state index in [-0.39, 0.29) is 0 Å². The normalized spacial score (nSPS) is 14.2. The van der Waals surface area contributed by atoms with Crippen LogP contribution in [0.15, 0.2) is 71.8 Å². The quantitative estimate of drug-likeness (QED) is 0.499. The standard InChI is InChI=1S/C23H24N4O2/c1-18-6-5-7-19(14-18)17-24-26-22-15-20(27-10-12-28-13-11-27)16-23(25-22)29-21-8-3-2-4-9-21/h2-9,14-17H,10-13H2,1H3,(H,25,26)/b24-17+. The van der Waals surface area contributed by atoms with Gasteiger partial charge < -0.3 is 14.4 Å². The van der Waals surface area contributed by atoms with Gasteiger partial charge in [0, 0.05) is 30.9 Å². The topological polar surface area (TPSA) is 59.0 Å². The molecular weight excluding hydrogens is 364 g/mol. The zero-order chi connectivity index (χ0) is 19.9. The highest BCUT2D eigenvalue weighted by Gasteiger charge is 2.14. The molecule has 6 heteroatoms. The number of pyridine rings is 1. The van der Waals surface area contributed by atoms with E-state index in [9.17, 15) is 0 Å². The van der Waals surface area contributed by atoms with Crippen molar-refractivity contribution in [2.24, 2.45) is 5.10 Å². The van der Waals surface area contributed by atoms with Gasteiger partial charge in [-0.05, 0) is 24.6 Å². The van der Waals surface area contributed by atoms with Gasteiger partial charge in [-0.3, -0.25) is 5.43 Å². The minimum absolute atomic E-state index is 0.522. The SMILES string of the molecule is Cc1cccc(/C=N/Nc2cc(N3CCOCC3)cc(Oc3ccccc3)n2)c1. The lowest BCUT2D eigenvalue weighted by atomic mass is 10.2. The number of ether oxygens (including phenoxy) is 2. The Hall–Kier alpha value is -3.38. The number of anilines is 2. The summed E-state index contributed by atoms with van der Waals surface area (Å²) < 4.78 is 11.4. The van der Waals surface area contributed by atoms with Gasteiger partial charge in [0.1, 0.15) is 5.75 Å². The van der Waals surface area contributed by atoms with E-state index in [2.05, 4.69) is 39.5 Å². The molecule has 2 heterocycles. The van der Waals surface area contributed by atoms with E-state index in [1.807, 2.05) is 54.6 Å². The predicted molar refractivity (Wildman–Crippen MR) is 116 cm³/mol. The third-order valence-electron chi connectivity index (χ3n) is 4.56. The third kappa shape index (κ3) is 5.33. The van der Waals surface area contributed by atoms with E-state index >= 15 is 0 Å². The molecule has 1 aliphatic heterocycles. The van der Waals surface area contributed by atoms with Gasteiger partial charge in [0.05, 0.1) is 19.4 Å². The Bertz CT molecular complexity index is 970. The van der Waals surface area contributed by atoms with Crippen molar-refractivity contribution < 1.29 is 9.47 Å². The summed E-state index contributed by atoms with van der Waals surface area (Å²) in [5.41, 5.74) is 6.29. The first kappa shape index (κ1) is 19.0. The number of aryl methyl sites for hydroxylation is 1. The van der Waals surface area contributed by atoms with Gasteiger partial charge in [0.15, 0.2) is 5.82 Å². The molecule has 0 saturated carbocycles. The van der Waals surface area contributed by atoms with Crippen LogP contribution in [0.3, 0.4) is 0 Å². The van der Waals surface area contributed by atoms with E-state index < -0.39 is 0 Å². The van der Waals surface area contributed by atoms with Crippen molar-refractivity contribution in [3.05, 3.63) is 77.9 Å². The van der Waals surface area contributed by atoms with Crippen LogP contribution in [0.2, 0.25) is 0 Å². The second-order valence-corrected chi connectivity index (χ2v) is 6.85. The molecule has 1 aromatic heterocycles. The number of aromatic nitrogens is 1. The zero-order valence-electron chi connectivity index (χ0n) is 16.4. The fraction of sp³-hybridized carbons (Fsp3) is 0.217. The largest absolute Gasteiger partial charge is 0.439 e. The van der Waals surface area contributed by atoms with Crippen LogP contribution in [0.4, 0.5) is 11.5 Å². The van der Waals surface area contributed by atoms with Crippen molar-refractivity contribution >= 4 is 17.7 Å². The molecule has 1 aliphatic rings. The van der Waals surface area contributed by atoms with Gasteiger partial charge in [-0.2, -0.15) is 10.1 Å². The molecule has 6 nitrogen and oxygen atoms in total. The highest BCUT2D eigenvalue weighted by Crippen LogP contribution is 2.28. The van der Waals surface area contributed by atoms with Gasteiger partial charge in [0.25, 0.3) is 0 Å². The highest BCUT2D eigenvalue weighted by atomic mass is 16.5. The van der Waals surface area contributed by atoms with Crippen LogP contribution in [0, 0.1) is 6.92 Å². The molecule has 0 unspecified atom stereocenters. The first-order valence-electron chi connectivity index (χ1n) is 9.70. The molecule has 29 heavy (non-hydrogen) atoms. The monoisotopic (exact) mass is 388 g/mol. The molecule has 0 radical (unpaired) electrons. The zero-order valence-corrected chi connectivity index (χ0v) is 16.4. The first-order valence-corrected chi connectivity index (χ1v) is 9.70. The van der Waals surface area contributed by atoms with Crippen LogP contribution >= 0.6 is 0 Å². The maximum absolute atomic E-state index is 5.97. The van der Waals surface area contributed by atoms with Crippen LogP contribution in [0.5, 0.6) is 11.6 Å². The summed E-state index contributed by atoms with van der Waals surface area (Å²) in [5, 5.41) is 4.35. The number of hydrogen-bond acceptors (Lipinski definition) is 6. The Morgan fingerprint density at radius 1 is 1.03 bits per heavy atom. The number of morpholine rings is 1. The molecule has 1 saturated heterocycles. The second-order valence-electron chi connectivity index (χ2n) is 6.85. The van der Waals surface area contributed by atoms with Crippen LogP contribution in [0.25, 0.3) is 0 Å². The fourth-order valence-electron chi connectivity index (χ4n) is 3.14. The Balaban J connectivity index is 1.56. The van der Waals surface area contributed by atoms with Gasteiger partial charge in [-0.25, -0.2) is 0 Å². The molecule has 1 fully saturated rings. The van der Waals surface area contributed by atoms with E-state index in [4.69, 9.17) is 9.47 Å². The van der Waals surface area contributed by atoms with E-state index in [0.717, 1.165) is 30.1 Å². The molecule has 0 spiro atoms. The van der Waals surface area contributed by atoms with Crippen LogP contribution in [0.1, 0.15) is 11.1 Å². The summed E-state index contributed by atoms with van der Waals surface area (Å²) in [5.74, 6) is 1.89. The Kier molecular flexibility index (Phi) is 6.02. The lowest BCUT2D eigenvalue weighted by molar-refractivity contribution is 0.122. The molecule has 0 aliphatic carbocycles. The molecule has 1 N–H and O–H groups in total. The Morgan fingerprint density at radius 2 is 1.86 bits per heavy atom. The summed E-state index contributed by atoms with van der Waals surface area (Å²) in [6, 6.07) is 21.7. The predicted octanol–water partition coefficient (Wildman–Crippen LogP) is 4.46. The molecule has 2 aromatic carbocycles. The minimum atomic E-state index is 0.522. The Morgan fingerprint density at radius 3 is 2.66 bits per heavy atom. The molecule has 3 aromatic rings. The number of hydrogen-bond donors (Lipinski definition) is 1. The summed E-state index contributed by atoms with van der Waals surface area (Å²) in [7, 11) is 0. The summed E-state index contributed by atoms with van der Waals surface area (Å²) in [6.07, 6.45) is 1.79. The average molecular weight is 388 g/mol. The second kappa shape index (κ2) is 9.21. The number of benzene rings is 2. The summed E-state index contributed by atoms with van der Waals surface area (Å²) in [4.78, 5) is 6.83. The van der Waals surface area contributed by atoms with E-state index in [1.165, 1.54) is 5.56 Å². The van der Waals surface area contributed by atoms with Crippen molar-refractivity contribution in [3.63, 3.8) is 0 Å². The van der Waals surface area contributed by atoms with Crippen LogP contribution in [-0.2, 0) is 4.74 Å². The lowest BCUT2D eigenvalue weighted by Crippen LogP contribution is -2.36. The molecule has 0 bridgehead atoms. The van der Waals surface area contributed by atoms with E-state index in [1.54, 1.807) is 6.21 Å². The molecule has 148 valence electrons. The van der Waals surface area contributed by atoms with Crippen molar-refractivity contribution in [1.82, 2.24) is 4.98 Å². The smallest absolute Gasteiger partial charge is 0.223 e. The van der Waals surface area contributed by atoms with Gasteiger partial charge in [-0.1, -0.05) is 48.0 Å². The maximum atomic E-state index is 5.97. The van der Waals surface area contributed by atoms with Crippen LogP contribution < -0.4 is 15.1 Å². The lowest BCUT2D eigenvalue weighted by Gasteiger charge is -2.29. The van der Waals surface area contributed by atoms with Crippen molar-refractivity contribution in [1.29, 1.82) is 0 Å². The summed E-state index contributed by atoms with van der Waals surface area (Å²) in [6.45, 7) is 5.16. The third-order valence-corrected chi connectivity index (χ3v) is 4.56. The fourth-order valence-corrected chi connectivity index (χ4v) is 3.14. The molecule has 4 rings (SSSR count). The number of nitrogens with one attached hydrogen (secondary N) is 1. The van der Waals surface area contributed by atoms with Crippen molar-refractivity contribution in [2.75, 3.05) is 36.6 Å². The van der Waals surface area contributed by atoms with Gasteiger partial charge >= 0.3 is 0 Å². The average Bonchev–Trinajstić information content (AvgIpc) is 2.75. The first-order chi connectivity index (χ1) is 14.3. The highest BCUT2D eigenvalue weighted by molar-refractivity contribution is 5.80. The minimum Gasteiger partial charge on any atom is -0.439 e. The Labute approximate surface area is 170 Å². The molecular formula is C23H24N4O2. The van der Waals surface area contributed by atoms with Crippen molar-refractivity contribution in [2.45, 2.75) is 6.92 Å². The van der Waals surface area contributed by atoms with Crippen LogP contribution in [-0.4, -0.2) is 37.5 Å². The molecule has 0 amide bonds. The number of nitrogens with zero attached hydrogens (tertiary/aromatic N) is 3. The van der Waals surface area contributed by atoms with Gasteiger partial charge in [0.2, 0.25) is 5.88 Å². The summed E-state index contributed by atoms with van der Waals surface area (Å²) >= 11 is 0.